The predicted molar refractivity (Wildman–Crippen MR) is 44.3 cm³/mol. The van der Waals surface area contributed by atoms with Gasteiger partial charge in [0.05, 0.1) is 0 Å². The summed E-state index contributed by atoms with van der Waals surface area (Å²) in [5.74, 6) is 0. The smallest absolute Gasteiger partial charge is 0.123 e. The Morgan fingerprint density at radius 3 is 1.36 bits per heavy atom. The lowest BCUT2D eigenvalue weighted by molar-refractivity contribution is -0.107. The first-order valence-electron chi connectivity index (χ1n) is 3.59. The van der Waals surface area contributed by atoms with Gasteiger partial charge in [-0.05, 0) is 6.42 Å². The SMILES string of the molecule is O=CCC=CCC=CCC=O. The topological polar surface area (TPSA) is 34.1 Å². The van der Waals surface area contributed by atoms with Crippen molar-refractivity contribution in [2.24, 2.45) is 0 Å². The maximum atomic E-state index is 9.82. The molecule has 0 heterocycles. The first-order valence-corrected chi connectivity index (χ1v) is 3.59. The summed E-state index contributed by atoms with van der Waals surface area (Å²) >= 11 is 0. The van der Waals surface area contributed by atoms with Crippen LogP contribution in [0.1, 0.15) is 19.3 Å². The Morgan fingerprint density at radius 1 is 0.636 bits per heavy atom. The molecular formula is C9H12O2. The van der Waals surface area contributed by atoms with Crippen LogP contribution in [0, 0.1) is 0 Å². The van der Waals surface area contributed by atoms with E-state index in [1.165, 1.54) is 0 Å². The van der Waals surface area contributed by atoms with Crippen molar-refractivity contribution in [2.45, 2.75) is 19.3 Å². The van der Waals surface area contributed by atoms with Crippen molar-refractivity contribution >= 4 is 12.6 Å². The van der Waals surface area contributed by atoms with Crippen LogP contribution >= 0.6 is 0 Å². The minimum absolute atomic E-state index is 0.474. The van der Waals surface area contributed by atoms with Crippen molar-refractivity contribution in [1.29, 1.82) is 0 Å². The summed E-state index contributed by atoms with van der Waals surface area (Å²) in [6, 6.07) is 0. The summed E-state index contributed by atoms with van der Waals surface area (Å²) in [6.45, 7) is 0. The van der Waals surface area contributed by atoms with Gasteiger partial charge in [-0.2, -0.15) is 0 Å². The highest BCUT2D eigenvalue weighted by Gasteiger charge is 1.73. The van der Waals surface area contributed by atoms with Gasteiger partial charge in [0.25, 0.3) is 0 Å². The van der Waals surface area contributed by atoms with Crippen LogP contribution in [-0.2, 0) is 9.59 Å². The van der Waals surface area contributed by atoms with E-state index in [1.54, 1.807) is 12.2 Å². The third-order valence-electron chi connectivity index (χ3n) is 1.07. The molecule has 60 valence electrons. The highest BCUT2D eigenvalue weighted by molar-refractivity contribution is 5.52. The predicted octanol–water partition coefficient (Wildman–Crippen LogP) is 1.67. The normalized spacial score (nSPS) is 10.9. The standard InChI is InChI=1S/C9H12O2/c10-8-6-4-2-1-3-5-7-9-11/h2-5,8-9H,1,6-7H2. The van der Waals surface area contributed by atoms with E-state index in [0.717, 1.165) is 19.0 Å². The summed E-state index contributed by atoms with van der Waals surface area (Å²) < 4.78 is 0. The van der Waals surface area contributed by atoms with E-state index in [0.29, 0.717) is 12.8 Å². The first kappa shape index (κ1) is 9.82. The number of carbonyl (C=O) groups is 2. The molecule has 0 radical (unpaired) electrons. The Labute approximate surface area is 66.6 Å². The Balaban J connectivity index is 3.24. The monoisotopic (exact) mass is 152 g/mol. The van der Waals surface area contributed by atoms with Crippen molar-refractivity contribution < 1.29 is 9.59 Å². The Kier molecular flexibility index (Phi) is 7.87. The van der Waals surface area contributed by atoms with E-state index in [9.17, 15) is 9.59 Å². The van der Waals surface area contributed by atoms with Crippen molar-refractivity contribution in [3.8, 4) is 0 Å². The number of rotatable bonds is 6. The lowest BCUT2D eigenvalue weighted by Gasteiger charge is -1.79. The van der Waals surface area contributed by atoms with E-state index < -0.39 is 0 Å². The van der Waals surface area contributed by atoms with E-state index in [2.05, 4.69) is 0 Å². The largest absolute Gasteiger partial charge is 0.303 e. The minimum atomic E-state index is 0.474. The minimum Gasteiger partial charge on any atom is -0.303 e. The molecular weight excluding hydrogens is 140 g/mol. The molecule has 0 saturated carbocycles. The lowest BCUT2D eigenvalue weighted by atomic mass is 10.3. The molecule has 0 aliphatic heterocycles. The van der Waals surface area contributed by atoms with Gasteiger partial charge in [0.2, 0.25) is 0 Å². The molecule has 2 heteroatoms. The fourth-order valence-corrected chi connectivity index (χ4v) is 0.575. The molecule has 0 aliphatic rings. The molecule has 0 aliphatic carbocycles. The van der Waals surface area contributed by atoms with Gasteiger partial charge in [0, 0.05) is 12.8 Å². The van der Waals surface area contributed by atoms with Gasteiger partial charge in [-0.25, -0.2) is 0 Å². The molecule has 0 fully saturated rings. The molecule has 0 atom stereocenters. The highest BCUT2D eigenvalue weighted by atomic mass is 16.1. The summed E-state index contributed by atoms with van der Waals surface area (Å²) in [6.07, 6.45) is 10.9. The van der Waals surface area contributed by atoms with Gasteiger partial charge >= 0.3 is 0 Å². The first-order chi connectivity index (χ1) is 5.41. The van der Waals surface area contributed by atoms with Crippen molar-refractivity contribution in [3.05, 3.63) is 24.3 Å². The molecule has 0 saturated heterocycles. The highest BCUT2D eigenvalue weighted by Crippen LogP contribution is 1.88. The fraction of sp³-hybridized carbons (Fsp3) is 0.333. The molecule has 0 aromatic heterocycles. The van der Waals surface area contributed by atoms with E-state index in [1.807, 2.05) is 12.2 Å². The molecule has 0 bridgehead atoms. The van der Waals surface area contributed by atoms with Crippen molar-refractivity contribution in [1.82, 2.24) is 0 Å². The number of hydrogen-bond donors (Lipinski definition) is 0. The second kappa shape index (κ2) is 8.82. The number of hydrogen-bond acceptors (Lipinski definition) is 2. The third-order valence-corrected chi connectivity index (χ3v) is 1.07. The lowest BCUT2D eigenvalue weighted by Crippen LogP contribution is -1.67. The van der Waals surface area contributed by atoms with Crippen LogP contribution in [0.4, 0.5) is 0 Å². The van der Waals surface area contributed by atoms with Crippen LogP contribution in [-0.4, -0.2) is 12.6 Å². The van der Waals surface area contributed by atoms with Gasteiger partial charge < -0.3 is 9.59 Å². The Morgan fingerprint density at radius 2 is 1.00 bits per heavy atom. The zero-order valence-corrected chi connectivity index (χ0v) is 6.40. The number of carbonyl (C=O) groups excluding carboxylic acids is 2. The van der Waals surface area contributed by atoms with Gasteiger partial charge in [-0.1, -0.05) is 24.3 Å². The third kappa shape index (κ3) is 8.82. The molecule has 0 amide bonds. The van der Waals surface area contributed by atoms with Gasteiger partial charge in [0.1, 0.15) is 12.6 Å². The van der Waals surface area contributed by atoms with E-state index >= 15 is 0 Å². The van der Waals surface area contributed by atoms with Crippen LogP contribution < -0.4 is 0 Å². The molecule has 0 rings (SSSR count). The second-order valence-electron chi connectivity index (χ2n) is 1.98. The van der Waals surface area contributed by atoms with Gasteiger partial charge in [-0.15, -0.1) is 0 Å². The maximum absolute atomic E-state index is 9.82. The average Bonchev–Trinajstić information content (AvgIpc) is 2.03. The summed E-state index contributed by atoms with van der Waals surface area (Å²) in [4.78, 5) is 19.6. The van der Waals surface area contributed by atoms with E-state index in [4.69, 9.17) is 0 Å². The Hall–Kier alpha value is -1.18. The van der Waals surface area contributed by atoms with Crippen molar-refractivity contribution in [2.75, 3.05) is 0 Å². The molecule has 11 heavy (non-hydrogen) atoms. The summed E-state index contributed by atoms with van der Waals surface area (Å²) in [5, 5.41) is 0. The van der Waals surface area contributed by atoms with Crippen LogP contribution in [0.2, 0.25) is 0 Å². The zero-order valence-electron chi connectivity index (χ0n) is 6.40. The number of allylic oxidation sites excluding steroid dienone is 4. The molecule has 0 spiro atoms. The molecule has 2 nitrogen and oxygen atoms in total. The van der Waals surface area contributed by atoms with Crippen LogP contribution in [0.5, 0.6) is 0 Å². The van der Waals surface area contributed by atoms with Crippen LogP contribution in [0.15, 0.2) is 24.3 Å². The van der Waals surface area contributed by atoms with Crippen molar-refractivity contribution in [3.63, 3.8) is 0 Å². The molecule has 0 N–H and O–H groups in total. The summed E-state index contributed by atoms with van der Waals surface area (Å²) in [7, 11) is 0. The zero-order chi connectivity index (χ0) is 8.36. The Bertz CT molecular complexity index is 139. The second-order valence-corrected chi connectivity index (χ2v) is 1.98. The molecule has 0 aromatic carbocycles. The average molecular weight is 152 g/mol. The summed E-state index contributed by atoms with van der Waals surface area (Å²) in [5.41, 5.74) is 0. The van der Waals surface area contributed by atoms with Gasteiger partial charge in [0.15, 0.2) is 0 Å². The van der Waals surface area contributed by atoms with Crippen LogP contribution in [0.3, 0.4) is 0 Å². The molecule has 0 unspecified atom stereocenters. The van der Waals surface area contributed by atoms with Gasteiger partial charge in [-0.3, -0.25) is 0 Å². The quantitative estimate of drug-likeness (QED) is 0.428. The maximum Gasteiger partial charge on any atom is 0.123 e. The molecule has 0 aromatic rings. The van der Waals surface area contributed by atoms with E-state index in [-0.39, 0.29) is 0 Å². The fourth-order valence-electron chi connectivity index (χ4n) is 0.575. The van der Waals surface area contributed by atoms with Crippen LogP contribution in [0.25, 0.3) is 0 Å². The number of aldehydes is 2.